The minimum Gasteiger partial charge on any atom is -0.439 e. The first-order valence-electron chi connectivity index (χ1n) is 6.38. The van der Waals surface area contributed by atoms with Gasteiger partial charge >= 0.3 is 0 Å². The van der Waals surface area contributed by atoms with Gasteiger partial charge in [0.1, 0.15) is 5.52 Å². The van der Waals surface area contributed by atoms with Crippen LogP contribution in [0.3, 0.4) is 0 Å². The Kier molecular flexibility index (Phi) is 2.85. The number of para-hydroxylation sites is 2. The highest BCUT2D eigenvalue weighted by Crippen LogP contribution is 2.20. The van der Waals surface area contributed by atoms with Gasteiger partial charge in [0, 0.05) is 6.54 Å². The summed E-state index contributed by atoms with van der Waals surface area (Å²) >= 11 is 0. The summed E-state index contributed by atoms with van der Waals surface area (Å²) in [7, 11) is 0. The van der Waals surface area contributed by atoms with Gasteiger partial charge in [-0.2, -0.15) is 0 Å². The standard InChI is InChI=1S/C14H18N2O/c1-11-5-4-8-16(9-11)10-14-15-12-6-2-3-7-13(12)17-14/h2-3,6-7,11H,4-5,8-10H2,1H3/t11-/m0/s1. The molecular weight excluding hydrogens is 212 g/mol. The van der Waals surface area contributed by atoms with Gasteiger partial charge in [0.25, 0.3) is 0 Å². The highest BCUT2D eigenvalue weighted by Gasteiger charge is 2.18. The number of hydrogen-bond donors (Lipinski definition) is 0. The molecule has 0 saturated carbocycles. The van der Waals surface area contributed by atoms with Crippen molar-refractivity contribution in [3.63, 3.8) is 0 Å². The Morgan fingerprint density at radius 3 is 3.12 bits per heavy atom. The van der Waals surface area contributed by atoms with Crippen LogP contribution in [0.1, 0.15) is 25.7 Å². The molecule has 3 nitrogen and oxygen atoms in total. The zero-order valence-electron chi connectivity index (χ0n) is 10.2. The molecule has 90 valence electrons. The van der Waals surface area contributed by atoms with Crippen molar-refractivity contribution in [2.75, 3.05) is 13.1 Å². The summed E-state index contributed by atoms with van der Waals surface area (Å²) in [5.41, 5.74) is 1.86. The molecule has 0 radical (unpaired) electrons. The molecule has 0 spiro atoms. The molecule has 0 bridgehead atoms. The van der Waals surface area contributed by atoms with Gasteiger partial charge in [-0.1, -0.05) is 19.1 Å². The van der Waals surface area contributed by atoms with Gasteiger partial charge in [-0.3, -0.25) is 4.90 Å². The maximum atomic E-state index is 5.75. The number of aromatic nitrogens is 1. The lowest BCUT2D eigenvalue weighted by Crippen LogP contribution is -2.33. The van der Waals surface area contributed by atoms with Gasteiger partial charge in [-0.05, 0) is 37.4 Å². The third kappa shape index (κ3) is 2.34. The second kappa shape index (κ2) is 4.49. The predicted molar refractivity (Wildman–Crippen MR) is 67.7 cm³/mol. The third-order valence-corrected chi connectivity index (χ3v) is 3.44. The second-order valence-electron chi connectivity index (χ2n) is 5.06. The van der Waals surface area contributed by atoms with Crippen molar-refractivity contribution in [2.45, 2.75) is 26.3 Å². The lowest BCUT2D eigenvalue weighted by Gasteiger charge is -2.29. The topological polar surface area (TPSA) is 29.3 Å². The van der Waals surface area contributed by atoms with Crippen LogP contribution >= 0.6 is 0 Å². The van der Waals surface area contributed by atoms with E-state index in [-0.39, 0.29) is 0 Å². The van der Waals surface area contributed by atoms with Crippen LogP contribution < -0.4 is 0 Å². The SMILES string of the molecule is C[C@H]1CCCN(Cc2nc3ccccc3o2)C1. The summed E-state index contributed by atoms with van der Waals surface area (Å²) in [6, 6.07) is 7.96. The number of fused-ring (bicyclic) bond motifs is 1. The van der Waals surface area contributed by atoms with Crippen molar-refractivity contribution in [3.8, 4) is 0 Å². The molecule has 2 aromatic rings. The Balaban J connectivity index is 1.75. The van der Waals surface area contributed by atoms with Crippen LogP contribution in [0, 0.1) is 5.92 Å². The van der Waals surface area contributed by atoms with Gasteiger partial charge in [-0.15, -0.1) is 0 Å². The highest BCUT2D eigenvalue weighted by atomic mass is 16.3. The second-order valence-corrected chi connectivity index (χ2v) is 5.06. The van der Waals surface area contributed by atoms with Crippen molar-refractivity contribution >= 4 is 11.1 Å². The summed E-state index contributed by atoms with van der Waals surface area (Å²) in [5.74, 6) is 1.65. The zero-order valence-corrected chi connectivity index (χ0v) is 10.2. The summed E-state index contributed by atoms with van der Waals surface area (Å²) in [4.78, 5) is 6.97. The monoisotopic (exact) mass is 230 g/mol. The highest BCUT2D eigenvalue weighted by molar-refractivity contribution is 5.72. The third-order valence-electron chi connectivity index (χ3n) is 3.44. The van der Waals surface area contributed by atoms with E-state index in [2.05, 4.69) is 16.8 Å². The van der Waals surface area contributed by atoms with Crippen molar-refractivity contribution in [2.24, 2.45) is 5.92 Å². The molecule has 3 rings (SSSR count). The Bertz CT molecular complexity index is 473. The molecule has 1 aliphatic rings. The number of benzene rings is 1. The van der Waals surface area contributed by atoms with E-state index in [0.717, 1.165) is 29.5 Å². The molecule has 0 unspecified atom stereocenters. The van der Waals surface area contributed by atoms with E-state index in [4.69, 9.17) is 4.42 Å². The summed E-state index contributed by atoms with van der Waals surface area (Å²) in [6.45, 7) is 5.50. The number of hydrogen-bond acceptors (Lipinski definition) is 3. The largest absolute Gasteiger partial charge is 0.439 e. The quantitative estimate of drug-likeness (QED) is 0.794. The first-order valence-corrected chi connectivity index (χ1v) is 6.38. The normalized spacial score (nSPS) is 22.1. The Labute approximate surface area is 101 Å². The fourth-order valence-electron chi connectivity index (χ4n) is 2.61. The van der Waals surface area contributed by atoms with Crippen LogP contribution in [0.15, 0.2) is 28.7 Å². The molecule has 2 heterocycles. The fraction of sp³-hybridized carbons (Fsp3) is 0.500. The Morgan fingerprint density at radius 2 is 2.29 bits per heavy atom. The lowest BCUT2D eigenvalue weighted by molar-refractivity contribution is 0.164. The minimum absolute atomic E-state index is 0.799. The first kappa shape index (κ1) is 10.8. The Hall–Kier alpha value is -1.35. The average Bonchev–Trinajstić information content (AvgIpc) is 2.71. The smallest absolute Gasteiger partial charge is 0.209 e. The van der Waals surface area contributed by atoms with Crippen LogP contribution in [0.25, 0.3) is 11.1 Å². The predicted octanol–water partition coefficient (Wildman–Crippen LogP) is 3.06. The van der Waals surface area contributed by atoms with Crippen LogP contribution in [-0.2, 0) is 6.54 Å². The molecule has 0 N–H and O–H groups in total. The van der Waals surface area contributed by atoms with Crippen LogP contribution in [0.2, 0.25) is 0 Å². The molecular formula is C14H18N2O. The summed E-state index contributed by atoms with van der Waals surface area (Å²) in [6.07, 6.45) is 2.64. The number of nitrogens with zero attached hydrogens (tertiary/aromatic N) is 2. The van der Waals surface area contributed by atoms with E-state index < -0.39 is 0 Å². The van der Waals surface area contributed by atoms with Gasteiger partial charge in [0.15, 0.2) is 5.58 Å². The van der Waals surface area contributed by atoms with Crippen LogP contribution in [0.5, 0.6) is 0 Å². The van der Waals surface area contributed by atoms with Gasteiger partial charge in [0.05, 0.1) is 6.54 Å². The number of rotatable bonds is 2. The Morgan fingerprint density at radius 1 is 1.41 bits per heavy atom. The molecule has 1 atom stereocenters. The van der Waals surface area contributed by atoms with Crippen molar-refractivity contribution in [3.05, 3.63) is 30.2 Å². The minimum atomic E-state index is 0.799. The maximum Gasteiger partial charge on any atom is 0.209 e. The molecule has 0 amide bonds. The lowest BCUT2D eigenvalue weighted by atomic mass is 10.0. The van der Waals surface area contributed by atoms with E-state index in [1.807, 2.05) is 24.3 Å². The number of likely N-dealkylation sites (tertiary alicyclic amines) is 1. The summed E-state index contributed by atoms with van der Waals surface area (Å²) < 4.78 is 5.75. The molecule has 1 aliphatic heterocycles. The molecule has 17 heavy (non-hydrogen) atoms. The van der Waals surface area contributed by atoms with Crippen LogP contribution in [-0.4, -0.2) is 23.0 Å². The van der Waals surface area contributed by atoms with E-state index in [9.17, 15) is 0 Å². The van der Waals surface area contributed by atoms with E-state index >= 15 is 0 Å². The molecule has 1 aromatic heterocycles. The van der Waals surface area contributed by atoms with Crippen LogP contribution in [0.4, 0.5) is 0 Å². The van der Waals surface area contributed by atoms with Crippen molar-refractivity contribution in [1.82, 2.24) is 9.88 Å². The summed E-state index contributed by atoms with van der Waals surface area (Å²) in [5, 5.41) is 0. The molecule has 3 heteroatoms. The molecule has 0 aliphatic carbocycles. The maximum absolute atomic E-state index is 5.75. The van der Waals surface area contributed by atoms with E-state index in [1.165, 1.54) is 25.9 Å². The average molecular weight is 230 g/mol. The van der Waals surface area contributed by atoms with E-state index in [0.29, 0.717) is 0 Å². The van der Waals surface area contributed by atoms with E-state index in [1.54, 1.807) is 0 Å². The number of piperidine rings is 1. The van der Waals surface area contributed by atoms with Gasteiger partial charge in [-0.25, -0.2) is 4.98 Å². The molecule has 1 fully saturated rings. The molecule has 1 aromatic carbocycles. The van der Waals surface area contributed by atoms with Gasteiger partial charge in [0.2, 0.25) is 5.89 Å². The first-order chi connectivity index (χ1) is 8.31. The fourth-order valence-corrected chi connectivity index (χ4v) is 2.61. The van der Waals surface area contributed by atoms with Crippen molar-refractivity contribution < 1.29 is 4.42 Å². The van der Waals surface area contributed by atoms with Crippen molar-refractivity contribution in [1.29, 1.82) is 0 Å². The van der Waals surface area contributed by atoms with Gasteiger partial charge < -0.3 is 4.42 Å². The molecule has 1 saturated heterocycles. The zero-order chi connectivity index (χ0) is 11.7. The number of oxazole rings is 1.